The number of hydrogen-bond donors (Lipinski definition) is 5. The average molecular weight is 598 g/mol. The normalized spacial score (nSPS) is 21.4. The first-order chi connectivity index (χ1) is 20.3. The molecule has 236 valence electrons. The van der Waals surface area contributed by atoms with Crippen LogP contribution in [0.25, 0.3) is 0 Å². The van der Waals surface area contributed by atoms with Gasteiger partial charge in [0.2, 0.25) is 17.6 Å². The van der Waals surface area contributed by atoms with E-state index in [2.05, 4.69) is 16.0 Å². The molecule has 3 atom stereocenters. The van der Waals surface area contributed by atoms with Gasteiger partial charge in [-0.15, -0.1) is 0 Å². The van der Waals surface area contributed by atoms with Gasteiger partial charge in [0, 0.05) is 12.1 Å². The van der Waals surface area contributed by atoms with Crippen LogP contribution in [-0.2, 0) is 25.6 Å². The summed E-state index contributed by atoms with van der Waals surface area (Å²) in [6.45, 7) is 5.93. The van der Waals surface area contributed by atoms with Crippen molar-refractivity contribution in [3.05, 3.63) is 29.8 Å². The maximum Gasteiger partial charge on any atom is 0.315 e. The molecule has 1 aromatic carbocycles. The number of amides is 5. The average Bonchev–Trinajstić information content (AvgIpc) is 3.61. The number of carbonyl (C=O) groups is 5. The van der Waals surface area contributed by atoms with Crippen LogP contribution in [0.5, 0.6) is 5.75 Å². The molecule has 11 nitrogen and oxygen atoms in total. The molecule has 0 aromatic heterocycles. The Labute approximate surface area is 253 Å². The molecular formula is C32H47N5O6. The number of hydrogen-bond acceptors (Lipinski definition) is 6. The molecule has 0 bridgehead atoms. The third-order valence-corrected chi connectivity index (χ3v) is 9.01. The molecule has 3 aliphatic rings. The maximum atomic E-state index is 14.0. The van der Waals surface area contributed by atoms with Gasteiger partial charge >= 0.3 is 6.03 Å². The first-order valence-corrected chi connectivity index (χ1v) is 15.6. The molecule has 43 heavy (non-hydrogen) atoms. The van der Waals surface area contributed by atoms with Crippen molar-refractivity contribution in [2.45, 2.75) is 115 Å². The molecule has 2 unspecified atom stereocenters. The van der Waals surface area contributed by atoms with Gasteiger partial charge in [-0.05, 0) is 67.6 Å². The van der Waals surface area contributed by atoms with E-state index < -0.39 is 52.7 Å². The number of likely N-dealkylation sites (tertiary alicyclic amines) is 1. The lowest BCUT2D eigenvalue weighted by Crippen LogP contribution is -2.62. The number of Topliss-reactive ketones (excluding diaryl/α,β-unsaturated/α-hetero) is 1. The fourth-order valence-electron chi connectivity index (χ4n) is 6.52. The first-order valence-electron chi connectivity index (χ1n) is 15.6. The number of primary amides is 1. The van der Waals surface area contributed by atoms with Gasteiger partial charge in [0.1, 0.15) is 17.8 Å². The van der Waals surface area contributed by atoms with Gasteiger partial charge in [-0.3, -0.25) is 19.2 Å². The van der Waals surface area contributed by atoms with E-state index in [1.807, 2.05) is 26.8 Å². The lowest BCUT2D eigenvalue weighted by atomic mass is 9.77. The number of ketones is 1. The molecule has 0 radical (unpaired) electrons. The van der Waals surface area contributed by atoms with Gasteiger partial charge in [-0.2, -0.15) is 0 Å². The summed E-state index contributed by atoms with van der Waals surface area (Å²) in [5, 5.41) is 18.8. The van der Waals surface area contributed by atoms with Crippen LogP contribution in [0.15, 0.2) is 24.3 Å². The molecule has 1 aliphatic heterocycles. The molecule has 2 aliphatic carbocycles. The van der Waals surface area contributed by atoms with Crippen molar-refractivity contribution in [3.8, 4) is 5.75 Å². The summed E-state index contributed by atoms with van der Waals surface area (Å²) in [6, 6.07) is 3.85. The summed E-state index contributed by atoms with van der Waals surface area (Å²) < 4.78 is 0. The van der Waals surface area contributed by atoms with Crippen molar-refractivity contribution >= 4 is 29.5 Å². The highest BCUT2D eigenvalue weighted by Crippen LogP contribution is 2.34. The summed E-state index contributed by atoms with van der Waals surface area (Å²) in [4.78, 5) is 66.4. The summed E-state index contributed by atoms with van der Waals surface area (Å²) in [5.74, 6) is -2.34. The summed E-state index contributed by atoms with van der Waals surface area (Å²) in [7, 11) is 0. The van der Waals surface area contributed by atoms with E-state index in [9.17, 15) is 29.1 Å². The van der Waals surface area contributed by atoms with Gasteiger partial charge < -0.3 is 31.7 Å². The van der Waals surface area contributed by atoms with Crippen LogP contribution >= 0.6 is 0 Å². The van der Waals surface area contributed by atoms with E-state index in [0.29, 0.717) is 32.2 Å². The number of nitrogens with one attached hydrogen (secondary N) is 3. The van der Waals surface area contributed by atoms with Crippen molar-refractivity contribution in [1.29, 1.82) is 0 Å². The SMILES string of the molecule is CC(C)(C)C(NC(=O)NC1(Cc2cccc(O)c2)CCCCC1)C(=O)N1CCC[C@H]1C(=O)NC(CC1CC1)C(=O)C(N)=O. The number of rotatable bonds is 11. The number of phenolic OH excluding ortho intramolecular Hbond substituents is 1. The minimum Gasteiger partial charge on any atom is -0.508 e. The summed E-state index contributed by atoms with van der Waals surface area (Å²) in [5.41, 5.74) is 4.98. The van der Waals surface area contributed by atoms with Gasteiger partial charge in [-0.25, -0.2) is 4.79 Å². The van der Waals surface area contributed by atoms with Gasteiger partial charge in [0.25, 0.3) is 5.91 Å². The fourth-order valence-corrected chi connectivity index (χ4v) is 6.52. The molecule has 1 heterocycles. The fraction of sp³-hybridized carbons (Fsp3) is 0.656. The third kappa shape index (κ3) is 8.48. The van der Waals surface area contributed by atoms with Crippen molar-refractivity contribution < 1.29 is 29.1 Å². The number of phenols is 1. The smallest absolute Gasteiger partial charge is 0.315 e. The predicted molar refractivity (Wildman–Crippen MR) is 161 cm³/mol. The zero-order valence-electron chi connectivity index (χ0n) is 25.6. The molecule has 6 N–H and O–H groups in total. The number of carbonyl (C=O) groups excluding carboxylic acids is 5. The Bertz CT molecular complexity index is 1220. The second kappa shape index (κ2) is 13.3. The molecule has 3 fully saturated rings. The number of aromatic hydroxyl groups is 1. The molecule has 1 aromatic rings. The van der Waals surface area contributed by atoms with E-state index in [1.165, 1.54) is 4.90 Å². The standard InChI is InChI=1S/C32H47N5O6/c1-31(2,3)26(35-30(43)36-32(14-5-4-6-15-32)19-21-9-7-10-22(38)17-21)29(42)37-16-8-11-24(37)28(41)34-23(18-20-12-13-20)25(39)27(33)40/h7,9-10,17,20,23-24,26,38H,4-6,8,11-16,18-19H2,1-3H3,(H2,33,40)(H,34,41)(H2,35,36,43)/t23?,24-,26?/m0/s1. The van der Waals surface area contributed by atoms with Crippen LogP contribution in [0, 0.1) is 11.3 Å². The van der Waals surface area contributed by atoms with E-state index in [-0.39, 0.29) is 17.6 Å². The molecule has 11 heteroatoms. The zero-order chi connectivity index (χ0) is 31.4. The number of benzene rings is 1. The number of urea groups is 1. The van der Waals surface area contributed by atoms with Gasteiger partial charge in [0.05, 0.1) is 6.04 Å². The minimum absolute atomic E-state index is 0.174. The third-order valence-electron chi connectivity index (χ3n) is 9.01. The highest BCUT2D eigenvalue weighted by Gasteiger charge is 2.44. The van der Waals surface area contributed by atoms with Crippen molar-refractivity contribution in [2.24, 2.45) is 17.1 Å². The Morgan fingerprint density at radius 1 is 1.02 bits per heavy atom. The number of nitrogens with two attached hydrogens (primary N) is 1. The highest BCUT2D eigenvalue weighted by atomic mass is 16.3. The Balaban J connectivity index is 1.46. The molecule has 4 rings (SSSR count). The summed E-state index contributed by atoms with van der Waals surface area (Å²) in [6.07, 6.45) is 8.36. The first kappa shape index (κ1) is 32.3. The zero-order valence-corrected chi connectivity index (χ0v) is 25.6. The van der Waals surface area contributed by atoms with Crippen molar-refractivity contribution in [3.63, 3.8) is 0 Å². The lowest BCUT2D eigenvalue weighted by Gasteiger charge is -2.40. The van der Waals surface area contributed by atoms with E-state index in [1.54, 1.807) is 18.2 Å². The quantitative estimate of drug-likeness (QED) is 0.246. The predicted octanol–water partition coefficient (Wildman–Crippen LogP) is 2.68. The van der Waals surface area contributed by atoms with Crippen LogP contribution in [0.2, 0.25) is 0 Å². The molecule has 2 saturated carbocycles. The van der Waals surface area contributed by atoms with Crippen LogP contribution in [-0.4, -0.2) is 69.8 Å². The van der Waals surface area contributed by atoms with Crippen molar-refractivity contribution in [2.75, 3.05) is 6.54 Å². The number of nitrogens with zero attached hydrogens (tertiary/aromatic N) is 1. The highest BCUT2D eigenvalue weighted by molar-refractivity contribution is 6.37. The van der Waals surface area contributed by atoms with Gasteiger partial charge in [-0.1, -0.05) is 65.0 Å². The van der Waals surface area contributed by atoms with E-state index in [0.717, 1.165) is 50.5 Å². The van der Waals surface area contributed by atoms with E-state index >= 15 is 0 Å². The lowest BCUT2D eigenvalue weighted by molar-refractivity contribution is -0.143. The second-order valence-electron chi connectivity index (χ2n) is 13.7. The van der Waals surface area contributed by atoms with Crippen LogP contribution in [0.4, 0.5) is 4.79 Å². The Morgan fingerprint density at radius 2 is 1.72 bits per heavy atom. The second-order valence-corrected chi connectivity index (χ2v) is 13.7. The van der Waals surface area contributed by atoms with E-state index in [4.69, 9.17) is 5.73 Å². The van der Waals surface area contributed by atoms with Crippen LogP contribution < -0.4 is 21.7 Å². The Hall–Kier alpha value is -3.63. The maximum absolute atomic E-state index is 14.0. The molecular weight excluding hydrogens is 550 g/mol. The molecule has 0 spiro atoms. The Morgan fingerprint density at radius 3 is 2.33 bits per heavy atom. The Kier molecular flexibility index (Phi) is 10.0. The monoisotopic (exact) mass is 597 g/mol. The molecule has 1 saturated heterocycles. The summed E-state index contributed by atoms with van der Waals surface area (Å²) >= 11 is 0. The topological polar surface area (TPSA) is 171 Å². The largest absolute Gasteiger partial charge is 0.508 e. The van der Waals surface area contributed by atoms with Gasteiger partial charge in [0.15, 0.2) is 0 Å². The van der Waals surface area contributed by atoms with Crippen molar-refractivity contribution in [1.82, 2.24) is 20.9 Å². The minimum atomic E-state index is -1.09. The molecule has 5 amide bonds. The van der Waals surface area contributed by atoms with Crippen LogP contribution in [0.3, 0.4) is 0 Å². The van der Waals surface area contributed by atoms with Crippen LogP contribution in [0.1, 0.15) is 90.5 Å².